The van der Waals surface area contributed by atoms with Gasteiger partial charge in [-0.05, 0) is 25.5 Å². The number of aldehydes is 1. The number of aromatic nitrogens is 3. The maximum Gasteiger partial charge on any atom is 0.197 e. The van der Waals surface area contributed by atoms with Crippen LogP contribution in [-0.4, -0.2) is 27.3 Å². The Hall–Kier alpha value is -0.840. The van der Waals surface area contributed by atoms with Crippen molar-refractivity contribution in [3.05, 3.63) is 5.82 Å². The number of carbonyl (C=O) groups excluding carboxylic acids is 1. The van der Waals surface area contributed by atoms with Gasteiger partial charge in [0.1, 0.15) is 0 Å². The molecule has 1 aromatic rings. The minimum atomic E-state index is 0.456. The van der Waals surface area contributed by atoms with E-state index in [1.165, 1.54) is 18.2 Å². The molecule has 4 nitrogen and oxygen atoms in total. The normalized spacial score (nSPS) is 17.0. The topological polar surface area (TPSA) is 47.8 Å². The fraction of sp³-hybridized carbons (Fsp3) is 0.625. The Labute approximate surface area is 80.7 Å². The van der Waals surface area contributed by atoms with Crippen LogP contribution in [0.2, 0.25) is 0 Å². The first-order chi connectivity index (χ1) is 6.36. The highest BCUT2D eigenvalue weighted by Gasteiger charge is 2.25. The second-order valence-electron chi connectivity index (χ2n) is 3.12. The van der Waals surface area contributed by atoms with Gasteiger partial charge in [-0.2, -0.15) is 0 Å². The zero-order valence-electron chi connectivity index (χ0n) is 7.43. The summed E-state index contributed by atoms with van der Waals surface area (Å²) >= 11 is 1.54. The molecule has 5 heteroatoms. The molecule has 0 saturated heterocycles. The molecule has 0 N–H and O–H groups in total. The van der Waals surface area contributed by atoms with Crippen molar-refractivity contribution in [2.45, 2.75) is 30.5 Å². The van der Waals surface area contributed by atoms with Crippen molar-refractivity contribution in [2.24, 2.45) is 0 Å². The molecule has 0 spiro atoms. The van der Waals surface area contributed by atoms with E-state index in [0.29, 0.717) is 11.9 Å². The van der Waals surface area contributed by atoms with E-state index in [4.69, 9.17) is 0 Å². The molecule has 2 rings (SSSR count). The molecule has 1 aliphatic rings. The first-order valence-corrected chi connectivity index (χ1v) is 5.53. The quantitative estimate of drug-likeness (QED) is 0.544. The van der Waals surface area contributed by atoms with E-state index in [0.717, 1.165) is 24.3 Å². The first kappa shape index (κ1) is 8.74. The van der Waals surface area contributed by atoms with Crippen LogP contribution >= 0.6 is 11.8 Å². The molecule has 0 aromatic carbocycles. The van der Waals surface area contributed by atoms with Crippen LogP contribution in [0.1, 0.15) is 35.9 Å². The summed E-state index contributed by atoms with van der Waals surface area (Å²) in [4.78, 5) is 10.7. The summed E-state index contributed by atoms with van der Waals surface area (Å²) in [5, 5.41) is 8.64. The van der Waals surface area contributed by atoms with Crippen LogP contribution in [0.4, 0.5) is 0 Å². The van der Waals surface area contributed by atoms with Crippen molar-refractivity contribution >= 4 is 18.0 Å². The average molecular weight is 197 g/mol. The predicted octanol–water partition coefficient (Wildman–Crippen LogP) is 1.54. The molecule has 1 aliphatic carbocycles. The molecule has 70 valence electrons. The molecule has 0 aliphatic heterocycles. The minimum Gasteiger partial charge on any atom is -0.297 e. The summed E-state index contributed by atoms with van der Waals surface area (Å²) in [5.74, 6) is 0.467. The number of nitrogens with zero attached hydrogens (tertiary/aromatic N) is 3. The molecule has 0 unspecified atom stereocenters. The lowest BCUT2D eigenvalue weighted by Gasteiger charge is -2.27. The molecule has 1 saturated carbocycles. The Morgan fingerprint density at radius 3 is 2.77 bits per heavy atom. The average Bonchev–Trinajstić information content (AvgIpc) is 2.45. The van der Waals surface area contributed by atoms with Crippen molar-refractivity contribution in [3.8, 4) is 0 Å². The Morgan fingerprint density at radius 1 is 1.54 bits per heavy atom. The van der Waals surface area contributed by atoms with E-state index in [1.807, 2.05) is 10.8 Å². The maximum absolute atomic E-state index is 10.7. The van der Waals surface area contributed by atoms with Gasteiger partial charge >= 0.3 is 0 Å². The molecule has 1 aromatic heterocycles. The lowest BCUT2D eigenvalue weighted by Crippen LogP contribution is -2.19. The Morgan fingerprint density at radius 2 is 2.31 bits per heavy atom. The van der Waals surface area contributed by atoms with Gasteiger partial charge < -0.3 is 0 Å². The van der Waals surface area contributed by atoms with Gasteiger partial charge in [0.25, 0.3) is 0 Å². The van der Waals surface area contributed by atoms with Crippen molar-refractivity contribution in [1.29, 1.82) is 0 Å². The third kappa shape index (κ3) is 1.37. The zero-order valence-corrected chi connectivity index (χ0v) is 8.25. The smallest absolute Gasteiger partial charge is 0.197 e. The Kier molecular flexibility index (Phi) is 2.35. The third-order valence-electron chi connectivity index (χ3n) is 2.42. The van der Waals surface area contributed by atoms with E-state index in [2.05, 4.69) is 10.2 Å². The van der Waals surface area contributed by atoms with Gasteiger partial charge in [-0.25, -0.2) is 0 Å². The van der Waals surface area contributed by atoms with Gasteiger partial charge in [-0.3, -0.25) is 9.36 Å². The number of rotatable bonds is 3. The molecular weight excluding hydrogens is 186 g/mol. The Balaban J connectivity index is 2.36. The molecule has 13 heavy (non-hydrogen) atoms. The molecular formula is C8H11N3OS. The van der Waals surface area contributed by atoms with Crippen LogP contribution in [0.25, 0.3) is 0 Å². The van der Waals surface area contributed by atoms with Crippen LogP contribution in [0, 0.1) is 0 Å². The van der Waals surface area contributed by atoms with Gasteiger partial charge in [0.2, 0.25) is 0 Å². The number of thioether (sulfide) groups is 1. The maximum atomic E-state index is 10.7. The van der Waals surface area contributed by atoms with Crippen LogP contribution in [0.3, 0.4) is 0 Å². The molecule has 1 heterocycles. The number of carbonyl (C=O) groups is 1. The summed E-state index contributed by atoms with van der Waals surface area (Å²) in [7, 11) is 0. The largest absolute Gasteiger partial charge is 0.297 e. The second-order valence-corrected chi connectivity index (χ2v) is 3.89. The zero-order chi connectivity index (χ0) is 9.26. The summed E-state index contributed by atoms with van der Waals surface area (Å²) in [6, 6.07) is 0.456. The van der Waals surface area contributed by atoms with Gasteiger partial charge in [0.15, 0.2) is 17.3 Å². The molecule has 0 atom stereocenters. The molecule has 0 amide bonds. The summed E-state index contributed by atoms with van der Waals surface area (Å²) < 4.78 is 1.96. The van der Waals surface area contributed by atoms with Gasteiger partial charge in [0, 0.05) is 6.04 Å². The molecule has 1 fully saturated rings. The van der Waals surface area contributed by atoms with Gasteiger partial charge in [0.05, 0.1) is 0 Å². The highest BCUT2D eigenvalue weighted by Crippen LogP contribution is 2.34. The van der Waals surface area contributed by atoms with E-state index < -0.39 is 0 Å². The standard InChI is InChI=1S/C8H11N3OS/c1-13-8-10-9-7(5-12)11(8)6-3-2-4-6/h5-6H,2-4H2,1H3. The van der Waals surface area contributed by atoms with E-state index in [9.17, 15) is 4.79 Å². The van der Waals surface area contributed by atoms with Crippen molar-refractivity contribution in [2.75, 3.05) is 6.26 Å². The van der Waals surface area contributed by atoms with E-state index in [1.54, 1.807) is 0 Å². The summed E-state index contributed by atoms with van der Waals surface area (Å²) in [5.41, 5.74) is 0. The molecule has 0 radical (unpaired) electrons. The van der Waals surface area contributed by atoms with Crippen LogP contribution < -0.4 is 0 Å². The second kappa shape index (κ2) is 3.49. The number of hydrogen-bond acceptors (Lipinski definition) is 4. The summed E-state index contributed by atoms with van der Waals surface area (Å²) in [6.45, 7) is 0. The van der Waals surface area contributed by atoms with Crippen LogP contribution in [-0.2, 0) is 0 Å². The van der Waals surface area contributed by atoms with Crippen LogP contribution in [0.5, 0.6) is 0 Å². The van der Waals surface area contributed by atoms with E-state index in [-0.39, 0.29) is 0 Å². The van der Waals surface area contributed by atoms with Gasteiger partial charge in [-0.1, -0.05) is 11.8 Å². The van der Waals surface area contributed by atoms with Crippen molar-refractivity contribution < 1.29 is 4.79 Å². The summed E-state index contributed by atoms with van der Waals surface area (Å²) in [6.07, 6.45) is 6.27. The number of hydrogen-bond donors (Lipinski definition) is 0. The van der Waals surface area contributed by atoms with Gasteiger partial charge in [-0.15, -0.1) is 10.2 Å². The highest BCUT2D eigenvalue weighted by molar-refractivity contribution is 7.98. The van der Waals surface area contributed by atoms with E-state index >= 15 is 0 Å². The minimum absolute atomic E-state index is 0.456. The monoisotopic (exact) mass is 197 g/mol. The third-order valence-corrected chi connectivity index (χ3v) is 3.06. The lowest BCUT2D eigenvalue weighted by molar-refractivity contribution is 0.110. The Bertz CT molecular complexity index is 319. The highest BCUT2D eigenvalue weighted by atomic mass is 32.2. The SMILES string of the molecule is CSc1nnc(C=O)n1C1CCC1. The lowest BCUT2D eigenvalue weighted by atomic mass is 9.93. The fourth-order valence-corrected chi connectivity index (χ4v) is 2.06. The van der Waals surface area contributed by atoms with Crippen molar-refractivity contribution in [3.63, 3.8) is 0 Å². The fourth-order valence-electron chi connectivity index (χ4n) is 1.50. The molecule has 0 bridgehead atoms. The van der Waals surface area contributed by atoms with Crippen molar-refractivity contribution in [1.82, 2.24) is 14.8 Å². The van der Waals surface area contributed by atoms with Crippen LogP contribution in [0.15, 0.2) is 5.16 Å². The predicted molar refractivity (Wildman–Crippen MR) is 50.1 cm³/mol. The first-order valence-electron chi connectivity index (χ1n) is 4.31.